The average molecular weight is 391 g/mol. The zero-order valence-electron chi connectivity index (χ0n) is 15.7. The summed E-state index contributed by atoms with van der Waals surface area (Å²) in [7, 11) is 1.83. The van der Waals surface area contributed by atoms with E-state index in [0.29, 0.717) is 18.7 Å². The van der Waals surface area contributed by atoms with E-state index in [1.165, 1.54) is 19.2 Å². The van der Waals surface area contributed by atoms with Crippen molar-refractivity contribution in [2.45, 2.75) is 11.4 Å². The number of sulfonamides is 1. The van der Waals surface area contributed by atoms with E-state index in [0.717, 1.165) is 11.3 Å². The molecule has 0 bridgehead atoms. The van der Waals surface area contributed by atoms with Crippen LogP contribution in [0.15, 0.2) is 53.4 Å². The molecule has 146 valence electrons. The van der Waals surface area contributed by atoms with Gasteiger partial charge in [0.2, 0.25) is 10.0 Å². The first-order valence-electron chi connectivity index (χ1n) is 8.46. The Morgan fingerprint density at radius 3 is 2.22 bits per heavy atom. The van der Waals surface area contributed by atoms with Gasteiger partial charge < -0.3 is 15.0 Å². The molecule has 0 radical (unpaired) electrons. The zero-order valence-corrected chi connectivity index (χ0v) is 16.5. The lowest BCUT2D eigenvalue weighted by atomic mass is 10.1. The summed E-state index contributed by atoms with van der Waals surface area (Å²) in [6.45, 7) is 0.827. The lowest BCUT2D eigenvalue weighted by molar-refractivity contribution is 0.0951. The van der Waals surface area contributed by atoms with Gasteiger partial charge in [0.05, 0.1) is 11.5 Å². The normalized spacial score (nSPS) is 11.2. The fourth-order valence-electron chi connectivity index (χ4n) is 2.34. The minimum absolute atomic E-state index is 0.174. The molecule has 8 heteroatoms. The predicted molar refractivity (Wildman–Crippen MR) is 105 cm³/mol. The molecule has 2 aromatic rings. The molecule has 2 rings (SSSR count). The molecule has 7 nitrogen and oxygen atoms in total. The molecule has 0 aromatic heterocycles. The van der Waals surface area contributed by atoms with Crippen LogP contribution < -0.4 is 14.9 Å². The number of methoxy groups -OCH3 is 1. The van der Waals surface area contributed by atoms with Crippen LogP contribution in [-0.4, -0.2) is 48.7 Å². The van der Waals surface area contributed by atoms with Gasteiger partial charge in [-0.05, 0) is 42.0 Å². The molecule has 0 heterocycles. The van der Waals surface area contributed by atoms with Crippen molar-refractivity contribution >= 4 is 21.6 Å². The van der Waals surface area contributed by atoms with E-state index in [4.69, 9.17) is 4.74 Å². The summed E-state index contributed by atoms with van der Waals surface area (Å²) < 4.78 is 31.5. The van der Waals surface area contributed by atoms with Crippen LogP contribution in [0, 0.1) is 0 Å². The molecular formula is C19H25N3O4S. The number of nitrogens with one attached hydrogen (secondary N) is 2. The third-order valence-electron chi connectivity index (χ3n) is 3.93. The molecule has 2 N–H and O–H groups in total. The largest absolute Gasteiger partial charge is 0.383 e. The Balaban J connectivity index is 1.93. The van der Waals surface area contributed by atoms with E-state index in [9.17, 15) is 13.2 Å². The minimum atomic E-state index is -3.56. The molecule has 0 atom stereocenters. The highest BCUT2D eigenvalue weighted by Gasteiger charge is 2.13. The Bertz CT molecular complexity index is 848. The number of nitrogens with zero attached hydrogens (tertiary/aromatic N) is 1. The summed E-state index contributed by atoms with van der Waals surface area (Å²) in [6, 6.07) is 13.7. The molecule has 0 saturated carbocycles. The van der Waals surface area contributed by atoms with Crippen molar-refractivity contribution in [3.63, 3.8) is 0 Å². The Morgan fingerprint density at radius 1 is 1.04 bits per heavy atom. The Morgan fingerprint density at radius 2 is 1.67 bits per heavy atom. The maximum atomic E-state index is 12.2. The van der Waals surface area contributed by atoms with Crippen LogP contribution in [-0.2, 0) is 21.3 Å². The first kappa shape index (κ1) is 20.9. The van der Waals surface area contributed by atoms with E-state index in [1.807, 2.05) is 31.1 Å². The average Bonchev–Trinajstić information content (AvgIpc) is 2.66. The van der Waals surface area contributed by atoms with E-state index in [2.05, 4.69) is 10.0 Å². The van der Waals surface area contributed by atoms with Crippen LogP contribution in [0.3, 0.4) is 0 Å². The topological polar surface area (TPSA) is 87.7 Å². The van der Waals surface area contributed by atoms with Crippen molar-refractivity contribution < 1.29 is 17.9 Å². The number of benzene rings is 2. The number of rotatable bonds is 9. The summed E-state index contributed by atoms with van der Waals surface area (Å²) in [6.07, 6.45) is 0. The summed E-state index contributed by atoms with van der Waals surface area (Å²) in [5.74, 6) is -0.182. The third-order valence-corrected chi connectivity index (χ3v) is 5.41. The molecule has 2 aromatic carbocycles. The number of hydrogen-bond acceptors (Lipinski definition) is 5. The first-order chi connectivity index (χ1) is 12.8. The Labute approximate surface area is 160 Å². The van der Waals surface area contributed by atoms with Crippen molar-refractivity contribution in [2.75, 3.05) is 39.3 Å². The Hall–Kier alpha value is -2.42. The fraction of sp³-hybridized carbons (Fsp3) is 0.316. The number of ether oxygens (including phenoxy) is 1. The van der Waals surface area contributed by atoms with Gasteiger partial charge in [0, 0.05) is 45.5 Å². The van der Waals surface area contributed by atoms with Gasteiger partial charge in [-0.15, -0.1) is 0 Å². The van der Waals surface area contributed by atoms with Crippen LogP contribution in [0.5, 0.6) is 0 Å². The van der Waals surface area contributed by atoms with Crippen molar-refractivity contribution in [1.29, 1.82) is 0 Å². The van der Waals surface area contributed by atoms with Crippen LogP contribution in [0.1, 0.15) is 15.9 Å². The van der Waals surface area contributed by atoms with Crippen molar-refractivity contribution in [2.24, 2.45) is 0 Å². The van der Waals surface area contributed by atoms with Gasteiger partial charge in [-0.1, -0.05) is 12.1 Å². The van der Waals surface area contributed by atoms with E-state index >= 15 is 0 Å². The maximum absolute atomic E-state index is 12.2. The SMILES string of the molecule is COCCNS(=O)(=O)c1ccc(CNC(=O)c2ccc(N(C)C)cc2)cc1. The van der Waals surface area contributed by atoms with Gasteiger partial charge in [0.25, 0.3) is 5.91 Å². The molecule has 0 aliphatic carbocycles. The molecular weight excluding hydrogens is 366 g/mol. The van der Waals surface area contributed by atoms with E-state index in [-0.39, 0.29) is 17.3 Å². The molecule has 0 saturated heterocycles. The number of anilines is 1. The lowest BCUT2D eigenvalue weighted by Crippen LogP contribution is -2.27. The van der Waals surface area contributed by atoms with Crippen molar-refractivity contribution in [3.8, 4) is 0 Å². The second-order valence-corrected chi connectivity index (χ2v) is 7.93. The molecule has 1 amide bonds. The third kappa shape index (κ3) is 6.06. The molecule has 0 aliphatic heterocycles. The number of hydrogen-bond donors (Lipinski definition) is 2. The molecule has 27 heavy (non-hydrogen) atoms. The van der Waals surface area contributed by atoms with Gasteiger partial charge in [-0.3, -0.25) is 4.79 Å². The van der Waals surface area contributed by atoms with Crippen LogP contribution in [0.25, 0.3) is 0 Å². The van der Waals surface area contributed by atoms with Gasteiger partial charge in [0.1, 0.15) is 0 Å². The monoisotopic (exact) mass is 391 g/mol. The lowest BCUT2D eigenvalue weighted by Gasteiger charge is -2.12. The molecule has 0 unspecified atom stereocenters. The number of amides is 1. The highest BCUT2D eigenvalue weighted by molar-refractivity contribution is 7.89. The van der Waals surface area contributed by atoms with Crippen LogP contribution in [0.4, 0.5) is 5.69 Å². The summed E-state index contributed by atoms with van der Waals surface area (Å²) in [5, 5.41) is 2.83. The zero-order chi connectivity index (χ0) is 19.9. The predicted octanol–water partition coefficient (Wildman–Crippen LogP) is 1.61. The molecule has 0 aliphatic rings. The second-order valence-electron chi connectivity index (χ2n) is 6.16. The highest BCUT2D eigenvalue weighted by Crippen LogP contribution is 2.13. The van der Waals surface area contributed by atoms with Crippen molar-refractivity contribution in [3.05, 3.63) is 59.7 Å². The Kier molecular flexibility index (Phi) is 7.35. The van der Waals surface area contributed by atoms with Crippen LogP contribution >= 0.6 is 0 Å². The van der Waals surface area contributed by atoms with Crippen molar-refractivity contribution in [1.82, 2.24) is 10.0 Å². The highest BCUT2D eigenvalue weighted by atomic mass is 32.2. The van der Waals surface area contributed by atoms with Gasteiger partial charge in [-0.2, -0.15) is 0 Å². The molecule has 0 spiro atoms. The van der Waals surface area contributed by atoms with Gasteiger partial charge in [0.15, 0.2) is 0 Å². The summed E-state index contributed by atoms with van der Waals surface area (Å²) in [4.78, 5) is 14.4. The van der Waals surface area contributed by atoms with Gasteiger partial charge in [-0.25, -0.2) is 13.1 Å². The number of carbonyl (C=O) groups excluding carboxylic acids is 1. The molecule has 0 fully saturated rings. The number of carbonyl (C=O) groups is 1. The minimum Gasteiger partial charge on any atom is -0.383 e. The van der Waals surface area contributed by atoms with E-state index in [1.54, 1.807) is 24.3 Å². The maximum Gasteiger partial charge on any atom is 0.251 e. The van der Waals surface area contributed by atoms with Gasteiger partial charge >= 0.3 is 0 Å². The quantitative estimate of drug-likeness (QED) is 0.634. The summed E-state index contributed by atoms with van der Waals surface area (Å²) >= 11 is 0. The second kappa shape index (κ2) is 9.50. The van der Waals surface area contributed by atoms with Crippen LogP contribution in [0.2, 0.25) is 0 Å². The first-order valence-corrected chi connectivity index (χ1v) is 9.95. The fourth-order valence-corrected chi connectivity index (χ4v) is 3.36. The smallest absolute Gasteiger partial charge is 0.251 e. The standard InChI is InChI=1S/C19H25N3O4S/c1-22(2)17-8-6-16(7-9-17)19(23)20-14-15-4-10-18(11-5-15)27(24,25)21-12-13-26-3/h4-11,21H,12-14H2,1-3H3,(H,20,23). The van der Waals surface area contributed by atoms with E-state index < -0.39 is 10.0 Å². The summed E-state index contributed by atoms with van der Waals surface area (Å²) in [5.41, 5.74) is 2.40.